The maximum Gasteiger partial charge on any atom is 0.221 e. The molecule has 2 N–H and O–H groups in total. The molecular formula is C16H11BrFN3. The van der Waals surface area contributed by atoms with E-state index in [1.807, 2.05) is 24.3 Å². The quantitative estimate of drug-likeness (QED) is 0.754. The summed E-state index contributed by atoms with van der Waals surface area (Å²) < 4.78 is 14.3. The number of benzene rings is 2. The van der Waals surface area contributed by atoms with E-state index in [1.165, 1.54) is 12.1 Å². The predicted octanol–water partition coefficient (Wildman–Crippen LogP) is 4.29. The molecule has 104 valence electrons. The lowest BCUT2D eigenvalue weighted by molar-refractivity contribution is 0.628. The number of rotatable bonds is 2. The normalized spacial score (nSPS) is 10.6. The maximum atomic E-state index is 13.3. The highest BCUT2D eigenvalue weighted by Gasteiger charge is 2.07. The molecule has 0 fully saturated rings. The molecule has 0 aliphatic carbocycles. The number of nitrogens with two attached hydrogens (primary N) is 1. The molecule has 0 unspecified atom stereocenters. The van der Waals surface area contributed by atoms with Gasteiger partial charge in [-0.15, -0.1) is 0 Å². The molecule has 0 radical (unpaired) electrons. The van der Waals surface area contributed by atoms with Gasteiger partial charge in [0.1, 0.15) is 5.82 Å². The predicted molar refractivity (Wildman–Crippen MR) is 85.0 cm³/mol. The van der Waals surface area contributed by atoms with Crippen LogP contribution in [0.15, 0.2) is 59.1 Å². The smallest absolute Gasteiger partial charge is 0.221 e. The van der Waals surface area contributed by atoms with Crippen LogP contribution in [-0.4, -0.2) is 9.97 Å². The molecule has 0 aliphatic rings. The fourth-order valence-corrected chi connectivity index (χ4v) is 2.29. The molecule has 0 atom stereocenters. The summed E-state index contributed by atoms with van der Waals surface area (Å²) in [5.41, 5.74) is 8.67. The van der Waals surface area contributed by atoms with Crippen LogP contribution >= 0.6 is 15.9 Å². The first kappa shape index (κ1) is 13.7. The molecule has 3 nitrogen and oxygen atoms in total. The summed E-state index contributed by atoms with van der Waals surface area (Å²) in [6.45, 7) is 0. The van der Waals surface area contributed by atoms with Gasteiger partial charge < -0.3 is 5.73 Å². The molecule has 3 rings (SSSR count). The van der Waals surface area contributed by atoms with Gasteiger partial charge in [0.2, 0.25) is 5.95 Å². The van der Waals surface area contributed by atoms with Crippen LogP contribution in [0.3, 0.4) is 0 Å². The standard InChI is InChI=1S/C16H11BrFN3/c17-12-6-4-10(5-7-12)14-9-15(21-16(19)20-14)11-2-1-3-13(18)8-11/h1-9H,(H2,19,20,21). The lowest BCUT2D eigenvalue weighted by atomic mass is 10.1. The van der Waals surface area contributed by atoms with Gasteiger partial charge in [-0.3, -0.25) is 0 Å². The number of halogens is 2. The van der Waals surface area contributed by atoms with Gasteiger partial charge in [0, 0.05) is 15.6 Å². The molecule has 3 aromatic rings. The van der Waals surface area contributed by atoms with E-state index in [0.717, 1.165) is 10.0 Å². The van der Waals surface area contributed by atoms with Crippen LogP contribution in [-0.2, 0) is 0 Å². The molecule has 5 heteroatoms. The second-order valence-corrected chi connectivity index (χ2v) is 5.43. The van der Waals surface area contributed by atoms with Crippen LogP contribution in [0.5, 0.6) is 0 Å². The Balaban J connectivity index is 2.10. The van der Waals surface area contributed by atoms with Crippen molar-refractivity contribution >= 4 is 21.9 Å². The van der Waals surface area contributed by atoms with Crippen molar-refractivity contribution in [1.82, 2.24) is 9.97 Å². The monoisotopic (exact) mass is 343 g/mol. The molecule has 1 aromatic heterocycles. The molecular weight excluding hydrogens is 333 g/mol. The van der Waals surface area contributed by atoms with Crippen LogP contribution in [0, 0.1) is 5.82 Å². The number of hydrogen-bond donors (Lipinski definition) is 1. The van der Waals surface area contributed by atoms with Gasteiger partial charge in [0.05, 0.1) is 11.4 Å². The molecule has 0 bridgehead atoms. The first-order valence-electron chi connectivity index (χ1n) is 6.28. The van der Waals surface area contributed by atoms with Crippen LogP contribution in [0.1, 0.15) is 0 Å². The largest absolute Gasteiger partial charge is 0.368 e. The summed E-state index contributed by atoms with van der Waals surface area (Å²) in [7, 11) is 0. The summed E-state index contributed by atoms with van der Waals surface area (Å²) in [4.78, 5) is 8.42. The third-order valence-corrected chi connectivity index (χ3v) is 3.53. The number of nitrogen functional groups attached to an aromatic ring is 1. The van der Waals surface area contributed by atoms with E-state index >= 15 is 0 Å². The third-order valence-electron chi connectivity index (χ3n) is 3.00. The first-order chi connectivity index (χ1) is 10.1. The van der Waals surface area contributed by atoms with Crippen molar-refractivity contribution in [3.8, 4) is 22.5 Å². The minimum atomic E-state index is -0.310. The van der Waals surface area contributed by atoms with Crippen molar-refractivity contribution in [3.05, 3.63) is 64.9 Å². The Morgan fingerprint density at radius 1 is 0.857 bits per heavy atom. The van der Waals surface area contributed by atoms with Crippen molar-refractivity contribution < 1.29 is 4.39 Å². The van der Waals surface area contributed by atoms with Crippen molar-refractivity contribution in [3.63, 3.8) is 0 Å². The zero-order chi connectivity index (χ0) is 14.8. The van der Waals surface area contributed by atoms with Crippen molar-refractivity contribution in [2.45, 2.75) is 0 Å². The summed E-state index contributed by atoms with van der Waals surface area (Å²) in [6, 6.07) is 15.8. The Bertz CT molecular complexity index is 788. The number of nitrogens with zero attached hydrogens (tertiary/aromatic N) is 2. The Labute approximate surface area is 129 Å². The number of aromatic nitrogens is 2. The van der Waals surface area contributed by atoms with E-state index in [-0.39, 0.29) is 11.8 Å². The van der Waals surface area contributed by atoms with Crippen molar-refractivity contribution in [2.75, 3.05) is 5.73 Å². The zero-order valence-electron chi connectivity index (χ0n) is 10.9. The highest BCUT2D eigenvalue weighted by atomic mass is 79.9. The van der Waals surface area contributed by atoms with Crippen LogP contribution in [0.25, 0.3) is 22.5 Å². The van der Waals surface area contributed by atoms with Gasteiger partial charge >= 0.3 is 0 Å². The summed E-state index contributed by atoms with van der Waals surface area (Å²) in [5.74, 6) is -0.149. The fraction of sp³-hybridized carbons (Fsp3) is 0. The van der Waals surface area contributed by atoms with Gasteiger partial charge in [0.25, 0.3) is 0 Å². The Kier molecular flexibility index (Phi) is 3.66. The van der Waals surface area contributed by atoms with E-state index in [0.29, 0.717) is 17.0 Å². The Hall–Kier alpha value is -2.27. The lowest BCUT2D eigenvalue weighted by Crippen LogP contribution is -1.98. The highest BCUT2D eigenvalue weighted by molar-refractivity contribution is 9.10. The molecule has 0 aliphatic heterocycles. The van der Waals surface area contributed by atoms with Gasteiger partial charge in [-0.05, 0) is 30.3 Å². The average molecular weight is 344 g/mol. The van der Waals surface area contributed by atoms with Crippen LogP contribution < -0.4 is 5.73 Å². The van der Waals surface area contributed by atoms with Gasteiger partial charge in [-0.25, -0.2) is 14.4 Å². The van der Waals surface area contributed by atoms with Gasteiger partial charge in [-0.1, -0.05) is 40.2 Å². The van der Waals surface area contributed by atoms with Crippen LogP contribution in [0.4, 0.5) is 10.3 Å². The van der Waals surface area contributed by atoms with E-state index in [4.69, 9.17) is 5.73 Å². The minimum absolute atomic E-state index is 0.162. The molecule has 2 aromatic carbocycles. The number of anilines is 1. The maximum absolute atomic E-state index is 13.3. The third kappa shape index (κ3) is 3.08. The molecule has 21 heavy (non-hydrogen) atoms. The topological polar surface area (TPSA) is 51.8 Å². The molecule has 0 spiro atoms. The van der Waals surface area contributed by atoms with E-state index in [9.17, 15) is 4.39 Å². The highest BCUT2D eigenvalue weighted by Crippen LogP contribution is 2.25. The summed E-state index contributed by atoms with van der Waals surface area (Å²) in [6.07, 6.45) is 0. The van der Waals surface area contributed by atoms with Gasteiger partial charge in [0.15, 0.2) is 0 Å². The summed E-state index contributed by atoms with van der Waals surface area (Å²) in [5, 5.41) is 0. The SMILES string of the molecule is Nc1nc(-c2ccc(Br)cc2)cc(-c2cccc(F)c2)n1. The lowest BCUT2D eigenvalue weighted by Gasteiger charge is -2.06. The average Bonchev–Trinajstić information content (AvgIpc) is 2.47. The van der Waals surface area contributed by atoms with E-state index < -0.39 is 0 Å². The molecule has 1 heterocycles. The van der Waals surface area contributed by atoms with E-state index in [2.05, 4.69) is 25.9 Å². The van der Waals surface area contributed by atoms with Gasteiger partial charge in [-0.2, -0.15) is 0 Å². The zero-order valence-corrected chi connectivity index (χ0v) is 12.5. The summed E-state index contributed by atoms with van der Waals surface area (Å²) >= 11 is 3.39. The Morgan fingerprint density at radius 2 is 1.52 bits per heavy atom. The second-order valence-electron chi connectivity index (χ2n) is 4.51. The Morgan fingerprint density at radius 3 is 2.19 bits per heavy atom. The molecule has 0 saturated carbocycles. The fourth-order valence-electron chi connectivity index (χ4n) is 2.03. The first-order valence-corrected chi connectivity index (χ1v) is 7.07. The number of hydrogen-bond acceptors (Lipinski definition) is 3. The van der Waals surface area contributed by atoms with Crippen molar-refractivity contribution in [2.24, 2.45) is 0 Å². The second kappa shape index (κ2) is 5.61. The van der Waals surface area contributed by atoms with Crippen molar-refractivity contribution in [1.29, 1.82) is 0 Å². The van der Waals surface area contributed by atoms with Crippen LogP contribution in [0.2, 0.25) is 0 Å². The van der Waals surface area contributed by atoms with E-state index in [1.54, 1.807) is 18.2 Å². The molecule has 0 saturated heterocycles. The molecule has 0 amide bonds. The minimum Gasteiger partial charge on any atom is -0.368 e.